The molecule has 88 valence electrons. The number of carbonyl (C=O) groups excluding carboxylic acids is 1. The first-order valence-corrected chi connectivity index (χ1v) is 9.23. The van der Waals surface area contributed by atoms with E-state index in [4.69, 9.17) is 4.74 Å². The van der Waals surface area contributed by atoms with Gasteiger partial charge in [0, 0.05) is 12.5 Å². The Bertz CT molecular complexity index is 364. The maximum absolute atomic E-state index is 11.5. The molecule has 1 aliphatic heterocycles. The van der Waals surface area contributed by atoms with E-state index in [0.717, 1.165) is 5.76 Å². The minimum Gasteiger partial charge on any atom is -0.430 e. The first-order chi connectivity index (χ1) is 7.29. The van der Waals surface area contributed by atoms with E-state index < -0.39 is 8.07 Å². The van der Waals surface area contributed by atoms with E-state index in [1.54, 1.807) is 6.08 Å². The zero-order valence-corrected chi connectivity index (χ0v) is 11.8. The number of rotatable bonds is 1. The Hall–Kier alpha value is -1.01. The average molecular weight is 236 g/mol. The summed E-state index contributed by atoms with van der Waals surface area (Å²) in [5.74, 6) is 4.00. The number of hydrogen-bond donors (Lipinski definition) is 0. The molecule has 0 radical (unpaired) electrons. The minimum absolute atomic E-state index is 0.0138. The third-order valence-corrected chi connectivity index (χ3v) is 3.33. The summed E-state index contributed by atoms with van der Waals surface area (Å²) in [6.07, 6.45) is 2.47. The average Bonchev–Trinajstić information content (AvgIpc) is 2.44. The van der Waals surface area contributed by atoms with Crippen molar-refractivity contribution in [1.82, 2.24) is 0 Å². The van der Waals surface area contributed by atoms with Crippen LogP contribution in [-0.2, 0) is 9.53 Å². The van der Waals surface area contributed by atoms with E-state index in [9.17, 15) is 4.79 Å². The Morgan fingerprint density at radius 2 is 2.06 bits per heavy atom. The summed E-state index contributed by atoms with van der Waals surface area (Å²) in [6.45, 7) is 10.7. The molecule has 1 saturated heterocycles. The molecule has 2 nitrogen and oxygen atoms in total. The van der Waals surface area contributed by atoms with Crippen LogP contribution in [0.5, 0.6) is 0 Å². The van der Waals surface area contributed by atoms with Crippen LogP contribution in [0.4, 0.5) is 0 Å². The molecule has 1 unspecified atom stereocenters. The number of ether oxygens (including phenoxy) is 1. The van der Waals surface area contributed by atoms with Gasteiger partial charge in [0.2, 0.25) is 0 Å². The third kappa shape index (κ3) is 3.86. The number of esters is 1. The van der Waals surface area contributed by atoms with Crippen molar-refractivity contribution < 1.29 is 9.53 Å². The SMILES string of the molecule is CC(C)C1CC(=CC#C[Si](C)(C)C)OC1=O. The highest BCUT2D eigenvalue weighted by Gasteiger charge is 2.32. The molecule has 0 aromatic carbocycles. The summed E-state index contributed by atoms with van der Waals surface area (Å²) in [7, 11) is -1.33. The van der Waals surface area contributed by atoms with Crippen LogP contribution >= 0.6 is 0 Å². The van der Waals surface area contributed by atoms with Crippen molar-refractivity contribution in [3.05, 3.63) is 11.8 Å². The normalized spacial score (nSPS) is 23.2. The van der Waals surface area contributed by atoms with Gasteiger partial charge in [-0.3, -0.25) is 4.79 Å². The van der Waals surface area contributed by atoms with Gasteiger partial charge in [-0.05, 0) is 5.92 Å². The molecule has 0 aromatic heterocycles. The number of hydrogen-bond acceptors (Lipinski definition) is 2. The van der Waals surface area contributed by atoms with Crippen molar-refractivity contribution >= 4 is 14.0 Å². The van der Waals surface area contributed by atoms with Gasteiger partial charge >= 0.3 is 5.97 Å². The van der Waals surface area contributed by atoms with E-state index in [-0.39, 0.29) is 11.9 Å². The molecule has 0 bridgehead atoms. The lowest BCUT2D eigenvalue weighted by Gasteiger charge is -2.06. The summed E-state index contributed by atoms with van der Waals surface area (Å²) in [4.78, 5) is 11.5. The van der Waals surface area contributed by atoms with Gasteiger partial charge in [0.15, 0.2) is 0 Å². The van der Waals surface area contributed by atoms with Crippen LogP contribution in [0, 0.1) is 23.3 Å². The Morgan fingerprint density at radius 1 is 1.44 bits per heavy atom. The van der Waals surface area contributed by atoms with E-state index in [0.29, 0.717) is 12.3 Å². The topological polar surface area (TPSA) is 26.3 Å². The minimum atomic E-state index is -1.33. The first kappa shape index (κ1) is 13.1. The Morgan fingerprint density at radius 3 is 2.50 bits per heavy atom. The maximum Gasteiger partial charge on any atom is 0.314 e. The van der Waals surface area contributed by atoms with E-state index in [2.05, 4.69) is 31.1 Å². The maximum atomic E-state index is 11.5. The van der Waals surface area contributed by atoms with Gasteiger partial charge in [0.25, 0.3) is 0 Å². The molecule has 1 fully saturated rings. The second-order valence-corrected chi connectivity index (χ2v) is 10.4. The third-order valence-electron chi connectivity index (χ3n) is 2.44. The molecule has 1 aliphatic rings. The fourth-order valence-electron chi connectivity index (χ4n) is 1.48. The van der Waals surface area contributed by atoms with Crippen molar-refractivity contribution in [1.29, 1.82) is 0 Å². The molecule has 1 atom stereocenters. The molecule has 0 N–H and O–H groups in total. The lowest BCUT2D eigenvalue weighted by molar-refractivity contribution is -0.140. The molecule has 16 heavy (non-hydrogen) atoms. The van der Waals surface area contributed by atoms with Crippen molar-refractivity contribution in [3.8, 4) is 11.5 Å². The van der Waals surface area contributed by atoms with Gasteiger partial charge in [0.05, 0.1) is 5.92 Å². The largest absolute Gasteiger partial charge is 0.430 e. The van der Waals surface area contributed by atoms with Gasteiger partial charge in [-0.1, -0.05) is 39.4 Å². The van der Waals surface area contributed by atoms with Crippen LogP contribution in [-0.4, -0.2) is 14.0 Å². The van der Waals surface area contributed by atoms with E-state index in [1.165, 1.54) is 0 Å². The molecule has 0 saturated carbocycles. The van der Waals surface area contributed by atoms with Crippen LogP contribution in [0.3, 0.4) is 0 Å². The molecule has 0 aliphatic carbocycles. The first-order valence-electron chi connectivity index (χ1n) is 5.73. The molecule has 3 heteroatoms. The van der Waals surface area contributed by atoms with Crippen LogP contribution < -0.4 is 0 Å². The van der Waals surface area contributed by atoms with Crippen LogP contribution in [0.25, 0.3) is 0 Å². The second kappa shape index (κ2) is 4.88. The fraction of sp³-hybridized carbons (Fsp3) is 0.615. The standard InChI is InChI=1S/C13H20O2Si/c1-10(2)12-9-11(15-13(12)14)7-6-8-16(3,4)5/h7,10,12H,9H2,1-5H3. The van der Waals surface area contributed by atoms with E-state index >= 15 is 0 Å². The van der Waals surface area contributed by atoms with Crippen LogP contribution in [0.2, 0.25) is 19.6 Å². The van der Waals surface area contributed by atoms with Crippen LogP contribution in [0.15, 0.2) is 11.8 Å². The summed E-state index contributed by atoms with van der Waals surface area (Å²) in [5, 5.41) is 0. The quantitative estimate of drug-likeness (QED) is 0.397. The molecule has 0 amide bonds. The zero-order valence-electron chi connectivity index (χ0n) is 10.8. The summed E-state index contributed by atoms with van der Waals surface area (Å²) >= 11 is 0. The van der Waals surface area contributed by atoms with Crippen molar-refractivity contribution in [2.75, 3.05) is 0 Å². The number of allylic oxidation sites excluding steroid dienone is 2. The summed E-state index contributed by atoms with van der Waals surface area (Å²) in [5.41, 5.74) is 3.23. The summed E-state index contributed by atoms with van der Waals surface area (Å²) in [6, 6.07) is 0. The number of cyclic esters (lactones) is 1. The molecule has 0 aromatic rings. The van der Waals surface area contributed by atoms with Gasteiger partial charge < -0.3 is 4.74 Å². The van der Waals surface area contributed by atoms with Crippen molar-refractivity contribution in [3.63, 3.8) is 0 Å². The molecular weight excluding hydrogens is 216 g/mol. The lowest BCUT2D eigenvalue weighted by Crippen LogP contribution is -2.16. The van der Waals surface area contributed by atoms with Gasteiger partial charge in [-0.15, -0.1) is 5.54 Å². The van der Waals surface area contributed by atoms with Gasteiger partial charge in [-0.2, -0.15) is 0 Å². The Balaban J connectivity index is 2.68. The summed E-state index contributed by atoms with van der Waals surface area (Å²) < 4.78 is 5.19. The monoisotopic (exact) mass is 236 g/mol. The lowest BCUT2D eigenvalue weighted by atomic mass is 9.94. The predicted octanol–water partition coefficient (Wildman–Crippen LogP) is 2.97. The van der Waals surface area contributed by atoms with Gasteiger partial charge in [-0.25, -0.2) is 0 Å². The number of carbonyl (C=O) groups is 1. The van der Waals surface area contributed by atoms with E-state index in [1.807, 2.05) is 13.8 Å². The predicted molar refractivity (Wildman–Crippen MR) is 68.2 cm³/mol. The molecular formula is C13H20O2Si. The highest BCUT2D eigenvalue weighted by atomic mass is 28.3. The van der Waals surface area contributed by atoms with Crippen LogP contribution in [0.1, 0.15) is 20.3 Å². The highest BCUT2D eigenvalue weighted by molar-refractivity contribution is 6.83. The zero-order chi connectivity index (χ0) is 12.3. The van der Waals surface area contributed by atoms with Gasteiger partial charge in [0.1, 0.15) is 13.8 Å². The van der Waals surface area contributed by atoms with Crippen molar-refractivity contribution in [2.24, 2.45) is 11.8 Å². The fourth-order valence-corrected chi connectivity index (χ4v) is 1.98. The molecule has 1 heterocycles. The van der Waals surface area contributed by atoms with Crippen molar-refractivity contribution in [2.45, 2.75) is 39.9 Å². The molecule has 0 spiro atoms. The second-order valence-electron chi connectivity index (χ2n) is 5.61. The molecule has 1 rings (SSSR count). The smallest absolute Gasteiger partial charge is 0.314 e. The Kier molecular flexibility index (Phi) is 3.98. The Labute approximate surface area is 99.1 Å². The highest BCUT2D eigenvalue weighted by Crippen LogP contribution is 2.29.